The highest BCUT2D eigenvalue weighted by Crippen LogP contribution is 2.46. The lowest BCUT2D eigenvalue weighted by molar-refractivity contribution is -0.0861. The quantitative estimate of drug-likeness (QED) is 0.776. The number of fused-ring (bicyclic) bond motifs is 1. The molecule has 0 radical (unpaired) electrons. The van der Waals surface area contributed by atoms with Crippen LogP contribution in [0, 0.1) is 5.92 Å². The van der Waals surface area contributed by atoms with Gasteiger partial charge in [0.25, 0.3) is 0 Å². The number of nitrogens with one attached hydrogen (secondary N) is 1. The normalized spacial score (nSPS) is 33.5. The third-order valence-corrected chi connectivity index (χ3v) is 4.95. The van der Waals surface area contributed by atoms with Crippen molar-refractivity contribution >= 4 is 0 Å². The largest absolute Gasteiger partial charge is 0.504 e. The van der Waals surface area contributed by atoms with Gasteiger partial charge in [-0.1, -0.05) is 18.9 Å². The van der Waals surface area contributed by atoms with Gasteiger partial charge < -0.3 is 20.3 Å². The first-order valence-electron chi connectivity index (χ1n) is 7.47. The summed E-state index contributed by atoms with van der Waals surface area (Å²) in [7, 11) is 1.55. The van der Waals surface area contributed by atoms with Crippen LogP contribution in [0.5, 0.6) is 11.5 Å². The fourth-order valence-corrected chi connectivity index (χ4v) is 3.87. The molecule has 0 spiro atoms. The van der Waals surface area contributed by atoms with Crippen molar-refractivity contribution in [3.8, 4) is 11.5 Å². The number of aromatic hydroxyl groups is 1. The number of hydrogen-bond acceptors (Lipinski definition) is 4. The van der Waals surface area contributed by atoms with E-state index in [0.717, 1.165) is 37.8 Å². The lowest BCUT2D eigenvalue weighted by Crippen LogP contribution is -2.53. The fraction of sp³-hybridized carbons (Fsp3) is 0.625. The average Bonchev–Trinajstić information content (AvgIpc) is 2.45. The van der Waals surface area contributed by atoms with Crippen LogP contribution < -0.4 is 10.1 Å². The van der Waals surface area contributed by atoms with E-state index in [2.05, 4.69) is 5.32 Å². The van der Waals surface area contributed by atoms with Crippen molar-refractivity contribution in [1.82, 2.24) is 5.32 Å². The van der Waals surface area contributed by atoms with Crippen LogP contribution >= 0.6 is 0 Å². The van der Waals surface area contributed by atoms with E-state index >= 15 is 0 Å². The first-order valence-corrected chi connectivity index (χ1v) is 7.47. The zero-order valence-corrected chi connectivity index (χ0v) is 11.9. The molecule has 0 bridgehead atoms. The number of ether oxygens (including phenoxy) is 1. The van der Waals surface area contributed by atoms with Crippen LogP contribution in [0.4, 0.5) is 0 Å². The Bertz CT molecular complexity index is 487. The molecule has 1 saturated heterocycles. The molecule has 4 heteroatoms. The summed E-state index contributed by atoms with van der Waals surface area (Å²) >= 11 is 0. The van der Waals surface area contributed by atoms with E-state index in [-0.39, 0.29) is 17.7 Å². The average molecular weight is 277 g/mol. The maximum absolute atomic E-state index is 10.9. The van der Waals surface area contributed by atoms with Crippen molar-refractivity contribution in [3.63, 3.8) is 0 Å². The number of phenolic OH excluding ortho intramolecular Hbond substituents is 1. The summed E-state index contributed by atoms with van der Waals surface area (Å²) in [6.45, 7) is 0.824. The molecule has 20 heavy (non-hydrogen) atoms. The topological polar surface area (TPSA) is 61.7 Å². The van der Waals surface area contributed by atoms with Crippen LogP contribution in [0.15, 0.2) is 18.2 Å². The predicted octanol–water partition coefficient (Wildman–Crippen LogP) is 2.36. The Morgan fingerprint density at radius 3 is 2.90 bits per heavy atom. The SMILES string of the molecule is COc1ccc([C@H]2NCC[C@@]3(O)CCCC[C@H]23)cc1O. The van der Waals surface area contributed by atoms with Gasteiger partial charge in [0.1, 0.15) is 0 Å². The second-order valence-electron chi connectivity index (χ2n) is 6.07. The first kappa shape index (κ1) is 13.7. The van der Waals surface area contributed by atoms with E-state index in [1.165, 1.54) is 6.42 Å². The molecule has 110 valence electrons. The molecule has 1 aromatic carbocycles. The molecule has 3 rings (SSSR count). The van der Waals surface area contributed by atoms with Crippen LogP contribution in [0.2, 0.25) is 0 Å². The molecule has 1 saturated carbocycles. The number of rotatable bonds is 2. The molecule has 1 aliphatic carbocycles. The minimum absolute atomic E-state index is 0.117. The second kappa shape index (κ2) is 5.26. The van der Waals surface area contributed by atoms with Crippen molar-refractivity contribution in [3.05, 3.63) is 23.8 Å². The molecule has 0 amide bonds. The molecular weight excluding hydrogens is 254 g/mol. The Labute approximate surface area is 119 Å². The van der Waals surface area contributed by atoms with Gasteiger partial charge in [0.15, 0.2) is 11.5 Å². The van der Waals surface area contributed by atoms with E-state index in [4.69, 9.17) is 4.74 Å². The molecule has 1 heterocycles. The zero-order valence-electron chi connectivity index (χ0n) is 11.9. The highest BCUT2D eigenvalue weighted by atomic mass is 16.5. The van der Waals surface area contributed by atoms with Crippen LogP contribution in [0.1, 0.15) is 43.7 Å². The van der Waals surface area contributed by atoms with Crippen molar-refractivity contribution in [2.45, 2.75) is 43.7 Å². The number of hydrogen-bond donors (Lipinski definition) is 3. The third kappa shape index (κ3) is 2.27. The molecule has 1 aliphatic heterocycles. The van der Waals surface area contributed by atoms with Gasteiger partial charge in [-0.25, -0.2) is 0 Å². The summed E-state index contributed by atoms with van der Waals surface area (Å²) in [4.78, 5) is 0. The summed E-state index contributed by atoms with van der Waals surface area (Å²) in [5.74, 6) is 0.887. The molecule has 0 aromatic heterocycles. The zero-order chi connectivity index (χ0) is 14.2. The van der Waals surface area contributed by atoms with E-state index < -0.39 is 5.60 Å². The number of piperidine rings is 1. The number of methoxy groups -OCH3 is 1. The Morgan fingerprint density at radius 1 is 1.30 bits per heavy atom. The highest BCUT2D eigenvalue weighted by Gasteiger charge is 2.45. The summed E-state index contributed by atoms with van der Waals surface area (Å²) in [5, 5.41) is 24.3. The number of benzene rings is 1. The monoisotopic (exact) mass is 277 g/mol. The van der Waals surface area contributed by atoms with Gasteiger partial charge in [0.05, 0.1) is 12.7 Å². The van der Waals surface area contributed by atoms with E-state index in [1.807, 2.05) is 6.07 Å². The highest BCUT2D eigenvalue weighted by molar-refractivity contribution is 5.43. The van der Waals surface area contributed by atoms with Crippen molar-refractivity contribution < 1.29 is 14.9 Å². The summed E-state index contributed by atoms with van der Waals surface area (Å²) in [5.41, 5.74) is 0.498. The summed E-state index contributed by atoms with van der Waals surface area (Å²) in [6.07, 6.45) is 5.07. The minimum Gasteiger partial charge on any atom is -0.504 e. The molecule has 3 atom stereocenters. The van der Waals surface area contributed by atoms with E-state index in [0.29, 0.717) is 5.75 Å². The van der Waals surface area contributed by atoms with Gasteiger partial charge in [0, 0.05) is 12.0 Å². The van der Waals surface area contributed by atoms with Gasteiger partial charge >= 0.3 is 0 Å². The lowest BCUT2D eigenvalue weighted by Gasteiger charge is -2.48. The van der Waals surface area contributed by atoms with Crippen LogP contribution in [0.25, 0.3) is 0 Å². The molecule has 4 nitrogen and oxygen atoms in total. The Hall–Kier alpha value is -1.26. The second-order valence-corrected chi connectivity index (χ2v) is 6.07. The summed E-state index contributed by atoms with van der Waals surface area (Å²) in [6, 6.07) is 5.65. The van der Waals surface area contributed by atoms with Crippen LogP contribution in [0.3, 0.4) is 0 Å². The third-order valence-electron chi connectivity index (χ3n) is 4.95. The fourth-order valence-electron chi connectivity index (χ4n) is 3.87. The molecule has 2 aliphatic rings. The Balaban J connectivity index is 1.90. The maximum atomic E-state index is 10.9. The van der Waals surface area contributed by atoms with Crippen molar-refractivity contribution in [2.75, 3.05) is 13.7 Å². The Morgan fingerprint density at radius 2 is 2.15 bits per heavy atom. The Kier molecular flexibility index (Phi) is 3.61. The summed E-state index contributed by atoms with van der Waals surface area (Å²) < 4.78 is 5.09. The van der Waals surface area contributed by atoms with E-state index in [9.17, 15) is 10.2 Å². The van der Waals surface area contributed by atoms with Gasteiger partial charge in [-0.3, -0.25) is 0 Å². The number of phenols is 1. The maximum Gasteiger partial charge on any atom is 0.160 e. The number of aliphatic hydroxyl groups is 1. The molecule has 0 unspecified atom stereocenters. The van der Waals surface area contributed by atoms with Crippen molar-refractivity contribution in [1.29, 1.82) is 0 Å². The molecular formula is C16H23NO3. The smallest absolute Gasteiger partial charge is 0.160 e. The van der Waals surface area contributed by atoms with E-state index in [1.54, 1.807) is 19.2 Å². The molecule has 3 N–H and O–H groups in total. The van der Waals surface area contributed by atoms with Gasteiger partial charge in [-0.05, 0) is 43.5 Å². The van der Waals surface area contributed by atoms with Gasteiger partial charge in [-0.2, -0.15) is 0 Å². The van der Waals surface area contributed by atoms with Gasteiger partial charge in [0.2, 0.25) is 0 Å². The standard InChI is InChI=1S/C16H23NO3/c1-20-14-6-5-11(10-13(14)18)15-12-4-2-3-7-16(12,19)8-9-17-15/h5-6,10,12,15,17-19H,2-4,7-9H2,1H3/t12-,15-,16+/m1/s1. The van der Waals surface area contributed by atoms with Crippen LogP contribution in [-0.2, 0) is 0 Å². The lowest BCUT2D eigenvalue weighted by atomic mass is 9.67. The molecule has 2 fully saturated rings. The first-order chi connectivity index (χ1) is 9.64. The van der Waals surface area contributed by atoms with Crippen molar-refractivity contribution in [2.24, 2.45) is 5.92 Å². The molecule has 1 aromatic rings. The minimum atomic E-state index is -0.538. The van der Waals surface area contributed by atoms with Gasteiger partial charge in [-0.15, -0.1) is 0 Å². The van der Waals surface area contributed by atoms with Crippen LogP contribution in [-0.4, -0.2) is 29.5 Å². The predicted molar refractivity (Wildman–Crippen MR) is 76.9 cm³/mol.